The van der Waals surface area contributed by atoms with Crippen molar-refractivity contribution in [3.63, 3.8) is 0 Å². The molecule has 2 N–H and O–H groups in total. The third-order valence-electron chi connectivity index (χ3n) is 5.79. The number of carbonyl (C=O) groups excluding carboxylic acids is 2. The van der Waals surface area contributed by atoms with Gasteiger partial charge in [0.25, 0.3) is 5.91 Å². The number of aliphatic carboxylic acids is 1. The van der Waals surface area contributed by atoms with Crippen LogP contribution in [0.4, 0.5) is 5.69 Å². The number of nitrogens with one attached hydrogen (secondary N) is 1. The molecule has 0 bridgehead atoms. The van der Waals surface area contributed by atoms with Crippen LogP contribution in [0.2, 0.25) is 0 Å². The van der Waals surface area contributed by atoms with Crippen LogP contribution in [0.1, 0.15) is 60.5 Å². The lowest BCUT2D eigenvalue weighted by Crippen LogP contribution is -2.33. The predicted octanol–water partition coefficient (Wildman–Crippen LogP) is 3.22. The van der Waals surface area contributed by atoms with Crippen LogP contribution >= 0.6 is 0 Å². The Morgan fingerprint density at radius 2 is 1.82 bits per heavy atom. The monoisotopic (exact) mass is 452 g/mol. The van der Waals surface area contributed by atoms with Crippen molar-refractivity contribution in [2.75, 3.05) is 24.5 Å². The summed E-state index contributed by atoms with van der Waals surface area (Å²) in [5.74, 6) is -1.57. The van der Waals surface area contributed by atoms with Crippen LogP contribution in [0, 0.1) is 0 Å². The van der Waals surface area contributed by atoms with Gasteiger partial charge in [-0.3, -0.25) is 24.3 Å². The Labute approximate surface area is 194 Å². The molecule has 1 aliphatic rings. The number of carboxylic acids is 1. The third kappa shape index (κ3) is 7.39. The zero-order valence-electron chi connectivity index (χ0n) is 19.1. The lowest BCUT2D eigenvalue weighted by molar-refractivity contribution is -0.135. The smallest absolute Gasteiger partial charge is 0.322 e. The molecular weight excluding hydrogens is 420 g/mol. The molecule has 0 atom stereocenters. The van der Waals surface area contributed by atoms with Crippen LogP contribution in [-0.4, -0.2) is 52.4 Å². The van der Waals surface area contributed by atoms with Crippen molar-refractivity contribution >= 4 is 23.5 Å². The van der Waals surface area contributed by atoms with E-state index in [1.54, 1.807) is 36.2 Å². The zero-order chi connectivity index (χ0) is 23.6. The van der Waals surface area contributed by atoms with Gasteiger partial charge >= 0.3 is 5.97 Å². The molecule has 0 unspecified atom stereocenters. The molecule has 0 fully saturated rings. The maximum atomic E-state index is 12.5. The largest absolute Gasteiger partial charge is 0.480 e. The first kappa shape index (κ1) is 24.4. The predicted molar refractivity (Wildman–Crippen MR) is 126 cm³/mol. The van der Waals surface area contributed by atoms with E-state index in [2.05, 4.69) is 15.2 Å². The molecule has 33 heavy (non-hydrogen) atoms. The van der Waals surface area contributed by atoms with Crippen LogP contribution in [0.3, 0.4) is 0 Å². The maximum absolute atomic E-state index is 12.5. The second-order valence-corrected chi connectivity index (χ2v) is 8.43. The molecule has 3 rings (SSSR count). The second kappa shape index (κ2) is 12.1. The summed E-state index contributed by atoms with van der Waals surface area (Å²) in [6, 6.07) is 9.21. The number of nitrogens with zero attached hydrogens (tertiary/aromatic N) is 3. The van der Waals surface area contributed by atoms with Gasteiger partial charge in [0.2, 0.25) is 5.91 Å². The Hall–Kier alpha value is -3.26. The van der Waals surface area contributed by atoms with Gasteiger partial charge in [-0.1, -0.05) is 25.3 Å². The van der Waals surface area contributed by atoms with E-state index in [1.165, 1.54) is 0 Å². The van der Waals surface area contributed by atoms with Gasteiger partial charge < -0.3 is 15.3 Å². The van der Waals surface area contributed by atoms with E-state index in [0.717, 1.165) is 55.5 Å². The molecule has 2 heterocycles. The molecule has 0 saturated heterocycles. The van der Waals surface area contributed by atoms with Crippen molar-refractivity contribution in [2.24, 2.45) is 0 Å². The van der Waals surface area contributed by atoms with Crippen molar-refractivity contribution in [1.29, 1.82) is 0 Å². The molecular formula is C25H32N4O4. The van der Waals surface area contributed by atoms with Crippen molar-refractivity contribution in [3.8, 4) is 0 Å². The van der Waals surface area contributed by atoms with Crippen molar-refractivity contribution in [3.05, 3.63) is 59.4 Å². The fourth-order valence-corrected chi connectivity index (χ4v) is 4.16. The van der Waals surface area contributed by atoms with Crippen LogP contribution in [0.5, 0.6) is 0 Å². The number of hydrogen-bond donors (Lipinski definition) is 2. The molecule has 176 valence electrons. The SMILES string of the molecule is CC(=O)N1CCCCCCCN(Cc2cccnc2)Cc2cc(C(=O)NCC(=O)O)ccc21. The lowest BCUT2D eigenvalue weighted by atomic mass is 10.0. The number of pyridine rings is 1. The molecule has 8 heteroatoms. The molecule has 1 aromatic carbocycles. The highest BCUT2D eigenvalue weighted by molar-refractivity contribution is 5.98. The van der Waals surface area contributed by atoms with E-state index in [9.17, 15) is 14.4 Å². The highest BCUT2D eigenvalue weighted by Crippen LogP contribution is 2.26. The average molecular weight is 453 g/mol. The third-order valence-corrected chi connectivity index (χ3v) is 5.79. The quantitative estimate of drug-likeness (QED) is 0.722. The van der Waals surface area contributed by atoms with Crippen molar-refractivity contribution in [1.82, 2.24) is 15.2 Å². The van der Waals surface area contributed by atoms with E-state index < -0.39 is 18.4 Å². The van der Waals surface area contributed by atoms with Crippen molar-refractivity contribution in [2.45, 2.75) is 52.1 Å². The van der Waals surface area contributed by atoms with E-state index in [4.69, 9.17) is 5.11 Å². The molecule has 8 nitrogen and oxygen atoms in total. The fourth-order valence-electron chi connectivity index (χ4n) is 4.16. The van der Waals surface area contributed by atoms with E-state index in [1.807, 2.05) is 18.3 Å². The summed E-state index contributed by atoms with van der Waals surface area (Å²) in [6.07, 6.45) is 8.95. The van der Waals surface area contributed by atoms with Gasteiger partial charge in [0.15, 0.2) is 0 Å². The van der Waals surface area contributed by atoms with Gasteiger partial charge in [-0.2, -0.15) is 0 Å². The molecule has 0 radical (unpaired) electrons. The number of anilines is 1. The number of aromatic nitrogens is 1. The second-order valence-electron chi connectivity index (χ2n) is 8.43. The molecule has 2 amide bonds. The number of amides is 2. The minimum Gasteiger partial charge on any atom is -0.480 e. The summed E-state index contributed by atoms with van der Waals surface area (Å²) in [7, 11) is 0. The topological polar surface area (TPSA) is 103 Å². The summed E-state index contributed by atoms with van der Waals surface area (Å²) >= 11 is 0. The number of benzene rings is 1. The van der Waals surface area contributed by atoms with Gasteiger partial charge in [0.1, 0.15) is 6.54 Å². The van der Waals surface area contributed by atoms with Gasteiger partial charge in [0.05, 0.1) is 0 Å². The minimum atomic E-state index is -1.10. The average Bonchev–Trinajstić information content (AvgIpc) is 2.79. The molecule has 1 aliphatic heterocycles. The molecule has 1 aromatic heterocycles. The molecule has 2 aromatic rings. The van der Waals surface area contributed by atoms with Crippen LogP contribution < -0.4 is 10.2 Å². The number of carbonyl (C=O) groups is 3. The Balaban J connectivity index is 1.95. The van der Waals surface area contributed by atoms with Gasteiger partial charge in [-0.05, 0) is 54.8 Å². The Morgan fingerprint density at radius 3 is 2.52 bits per heavy atom. The molecule has 0 aliphatic carbocycles. The Bertz CT molecular complexity index is 964. The van der Waals surface area contributed by atoms with Crippen LogP contribution in [-0.2, 0) is 22.7 Å². The summed E-state index contributed by atoms with van der Waals surface area (Å²) < 4.78 is 0. The first-order valence-corrected chi connectivity index (χ1v) is 11.5. The number of carboxylic acid groups (broad SMARTS) is 1. The van der Waals surface area contributed by atoms with Gasteiger partial charge in [0, 0.05) is 50.2 Å². The first-order valence-electron chi connectivity index (χ1n) is 11.5. The fraction of sp³-hybridized carbons (Fsp3) is 0.440. The minimum absolute atomic E-state index is 0.0322. The normalized spacial score (nSPS) is 15.6. The zero-order valence-corrected chi connectivity index (χ0v) is 19.1. The highest BCUT2D eigenvalue weighted by Gasteiger charge is 2.20. The van der Waals surface area contributed by atoms with Crippen LogP contribution in [0.15, 0.2) is 42.7 Å². The van der Waals surface area contributed by atoms with E-state index in [-0.39, 0.29) is 5.91 Å². The summed E-state index contributed by atoms with van der Waals surface area (Å²) in [4.78, 5) is 44.2. The summed E-state index contributed by atoms with van der Waals surface area (Å²) in [6.45, 7) is 3.93. The number of rotatable bonds is 5. The number of hydrogen-bond acceptors (Lipinski definition) is 5. The molecule has 0 saturated carbocycles. The Kier molecular flexibility index (Phi) is 8.95. The summed E-state index contributed by atoms with van der Waals surface area (Å²) in [5, 5.41) is 11.3. The standard InChI is InChI=1S/C25H32N4O4/c1-19(30)29-13-6-4-2-3-5-12-28(17-20-8-7-11-26-15-20)18-22-14-21(9-10-23(22)29)25(33)27-16-24(31)32/h7-11,14-15H,2-6,12-13,16-18H2,1H3,(H,27,33)(H,31,32). The van der Waals surface area contributed by atoms with Crippen molar-refractivity contribution < 1.29 is 19.5 Å². The lowest BCUT2D eigenvalue weighted by Gasteiger charge is -2.29. The summed E-state index contributed by atoms with van der Waals surface area (Å²) in [5.41, 5.74) is 3.16. The van der Waals surface area contributed by atoms with Gasteiger partial charge in [-0.25, -0.2) is 0 Å². The first-order chi connectivity index (χ1) is 15.9. The van der Waals surface area contributed by atoms with E-state index in [0.29, 0.717) is 25.2 Å². The van der Waals surface area contributed by atoms with Gasteiger partial charge in [-0.15, -0.1) is 0 Å². The number of fused-ring (bicyclic) bond motifs is 1. The van der Waals surface area contributed by atoms with Crippen LogP contribution in [0.25, 0.3) is 0 Å². The Morgan fingerprint density at radius 1 is 1.06 bits per heavy atom. The van der Waals surface area contributed by atoms with E-state index >= 15 is 0 Å². The highest BCUT2D eigenvalue weighted by atomic mass is 16.4. The maximum Gasteiger partial charge on any atom is 0.322 e. The molecule has 0 spiro atoms.